The lowest BCUT2D eigenvalue weighted by Crippen LogP contribution is -2.24. The third-order valence-electron chi connectivity index (χ3n) is 3.35. The van der Waals surface area contributed by atoms with E-state index in [-0.39, 0.29) is 6.04 Å². The highest BCUT2D eigenvalue weighted by Crippen LogP contribution is 2.25. The summed E-state index contributed by atoms with van der Waals surface area (Å²) in [5.74, 6) is 2.61. The Kier molecular flexibility index (Phi) is 4.17. The molecule has 21 heavy (non-hydrogen) atoms. The van der Waals surface area contributed by atoms with Gasteiger partial charge in [0, 0.05) is 30.7 Å². The minimum atomic E-state index is 0.0435. The van der Waals surface area contributed by atoms with Crippen molar-refractivity contribution in [1.82, 2.24) is 19.9 Å². The van der Waals surface area contributed by atoms with E-state index < -0.39 is 0 Å². The molecule has 3 heterocycles. The number of thiophene rings is 1. The van der Waals surface area contributed by atoms with E-state index in [4.69, 9.17) is 4.42 Å². The van der Waals surface area contributed by atoms with Crippen molar-refractivity contribution >= 4 is 11.3 Å². The second-order valence-corrected chi connectivity index (χ2v) is 5.78. The molecule has 0 radical (unpaired) electrons. The van der Waals surface area contributed by atoms with Crippen molar-refractivity contribution in [2.24, 2.45) is 7.05 Å². The highest BCUT2D eigenvalue weighted by Gasteiger charge is 2.19. The molecule has 1 N–H and O–H groups in total. The van der Waals surface area contributed by atoms with E-state index in [1.54, 1.807) is 17.5 Å². The van der Waals surface area contributed by atoms with Crippen LogP contribution in [0.3, 0.4) is 0 Å². The fraction of sp³-hybridized carbons (Fsp3) is 0.333. The number of aryl methyl sites for hydroxylation is 2. The zero-order valence-electron chi connectivity index (χ0n) is 12.1. The summed E-state index contributed by atoms with van der Waals surface area (Å²) in [6, 6.07) is 4.21. The first-order valence-electron chi connectivity index (χ1n) is 6.95. The Morgan fingerprint density at radius 1 is 1.43 bits per heavy atom. The van der Waals surface area contributed by atoms with Crippen molar-refractivity contribution in [2.75, 3.05) is 0 Å². The third kappa shape index (κ3) is 3.06. The fourth-order valence-electron chi connectivity index (χ4n) is 2.21. The van der Waals surface area contributed by atoms with E-state index in [1.807, 2.05) is 24.0 Å². The summed E-state index contributed by atoms with van der Waals surface area (Å²) in [4.78, 5) is 9.98. The van der Waals surface area contributed by atoms with Gasteiger partial charge in [-0.1, -0.05) is 13.0 Å². The Bertz CT molecular complexity index is 686. The molecule has 3 aromatic heterocycles. The molecule has 110 valence electrons. The van der Waals surface area contributed by atoms with Crippen molar-refractivity contribution in [3.8, 4) is 0 Å². The molecule has 0 spiro atoms. The topological polar surface area (TPSA) is 55.9 Å². The average molecular weight is 302 g/mol. The molecule has 5 nitrogen and oxygen atoms in total. The van der Waals surface area contributed by atoms with Gasteiger partial charge in [0.1, 0.15) is 17.6 Å². The normalized spacial score (nSPS) is 12.7. The molecule has 1 atom stereocenters. The van der Waals surface area contributed by atoms with Gasteiger partial charge in [-0.3, -0.25) is 5.32 Å². The lowest BCUT2D eigenvalue weighted by atomic mass is 10.2. The maximum atomic E-state index is 5.65. The van der Waals surface area contributed by atoms with Crippen LogP contribution in [-0.4, -0.2) is 14.5 Å². The number of rotatable bonds is 6. The monoisotopic (exact) mass is 302 g/mol. The fourth-order valence-corrected chi connectivity index (χ4v) is 3.01. The van der Waals surface area contributed by atoms with Gasteiger partial charge >= 0.3 is 0 Å². The lowest BCUT2D eigenvalue weighted by Gasteiger charge is -2.16. The third-order valence-corrected chi connectivity index (χ3v) is 4.29. The van der Waals surface area contributed by atoms with E-state index in [0.717, 1.165) is 18.0 Å². The van der Waals surface area contributed by atoms with Crippen molar-refractivity contribution in [1.29, 1.82) is 0 Å². The highest BCUT2D eigenvalue weighted by molar-refractivity contribution is 7.10. The number of nitrogens with zero attached hydrogens (tertiary/aromatic N) is 3. The van der Waals surface area contributed by atoms with Crippen LogP contribution >= 0.6 is 11.3 Å². The summed E-state index contributed by atoms with van der Waals surface area (Å²) in [6.45, 7) is 2.63. The van der Waals surface area contributed by atoms with Gasteiger partial charge in [-0.15, -0.1) is 11.3 Å². The minimum Gasteiger partial charge on any atom is -0.444 e. The number of hydrogen-bond donors (Lipinski definition) is 1. The Labute approximate surface area is 127 Å². The molecular formula is C15H18N4OS. The standard InChI is InChI=1S/C15H18N4OS/c1-3-11-9-17-13(20-11)10-18-14(12-5-4-8-21-12)15-16-6-7-19(15)2/h4-9,14,18H,3,10H2,1-2H3. The van der Waals surface area contributed by atoms with Crippen LogP contribution in [0.25, 0.3) is 0 Å². The summed E-state index contributed by atoms with van der Waals surface area (Å²) in [5.41, 5.74) is 0. The molecule has 0 aliphatic rings. The summed E-state index contributed by atoms with van der Waals surface area (Å²) >= 11 is 1.72. The van der Waals surface area contributed by atoms with Crippen LogP contribution in [0.4, 0.5) is 0 Å². The quantitative estimate of drug-likeness (QED) is 0.760. The second-order valence-electron chi connectivity index (χ2n) is 4.80. The van der Waals surface area contributed by atoms with Crippen molar-refractivity contribution in [3.63, 3.8) is 0 Å². The summed E-state index contributed by atoms with van der Waals surface area (Å²) in [5, 5.41) is 5.57. The van der Waals surface area contributed by atoms with Gasteiger partial charge in [0.15, 0.2) is 0 Å². The number of oxazole rings is 1. The van der Waals surface area contributed by atoms with Crippen molar-refractivity contribution in [2.45, 2.75) is 25.9 Å². The van der Waals surface area contributed by atoms with Crippen LogP contribution in [-0.2, 0) is 20.0 Å². The first kappa shape index (κ1) is 14.0. The molecular weight excluding hydrogens is 284 g/mol. The zero-order valence-corrected chi connectivity index (χ0v) is 12.9. The van der Waals surface area contributed by atoms with E-state index in [2.05, 4.69) is 39.7 Å². The van der Waals surface area contributed by atoms with Gasteiger partial charge in [0.05, 0.1) is 12.7 Å². The first-order chi connectivity index (χ1) is 10.3. The Hall–Kier alpha value is -1.92. The number of nitrogens with one attached hydrogen (secondary N) is 1. The van der Waals surface area contributed by atoms with Crippen LogP contribution in [0.2, 0.25) is 0 Å². The van der Waals surface area contributed by atoms with Crippen LogP contribution in [0.5, 0.6) is 0 Å². The molecule has 0 aromatic carbocycles. The van der Waals surface area contributed by atoms with E-state index >= 15 is 0 Å². The smallest absolute Gasteiger partial charge is 0.208 e. The van der Waals surface area contributed by atoms with Crippen LogP contribution < -0.4 is 5.32 Å². The zero-order chi connectivity index (χ0) is 14.7. The van der Waals surface area contributed by atoms with E-state index in [0.29, 0.717) is 12.4 Å². The van der Waals surface area contributed by atoms with Crippen LogP contribution in [0.1, 0.15) is 35.3 Å². The molecule has 0 fully saturated rings. The molecule has 0 aliphatic carbocycles. The minimum absolute atomic E-state index is 0.0435. The Morgan fingerprint density at radius 3 is 2.95 bits per heavy atom. The maximum absolute atomic E-state index is 5.65. The molecule has 0 bridgehead atoms. The van der Waals surface area contributed by atoms with Gasteiger partial charge in [-0.2, -0.15) is 0 Å². The Balaban J connectivity index is 1.78. The summed E-state index contributed by atoms with van der Waals surface area (Å²) < 4.78 is 7.68. The van der Waals surface area contributed by atoms with Crippen LogP contribution in [0, 0.1) is 0 Å². The number of hydrogen-bond acceptors (Lipinski definition) is 5. The average Bonchev–Trinajstić information content (AvgIpc) is 3.22. The molecule has 0 amide bonds. The highest BCUT2D eigenvalue weighted by atomic mass is 32.1. The predicted molar refractivity (Wildman–Crippen MR) is 82.1 cm³/mol. The van der Waals surface area contributed by atoms with Gasteiger partial charge in [-0.05, 0) is 11.4 Å². The number of imidazole rings is 1. The molecule has 3 aromatic rings. The van der Waals surface area contributed by atoms with Gasteiger partial charge in [-0.25, -0.2) is 9.97 Å². The largest absolute Gasteiger partial charge is 0.444 e. The molecule has 0 aliphatic heterocycles. The molecule has 0 saturated carbocycles. The SMILES string of the molecule is CCc1cnc(CNC(c2cccs2)c2nccn2C)o1. The molecule has 0 saturated heterocycles. The lowest BCUT2D eigenvalue weighted by molar-refractivity contribution is 0.425. The summed E-state index contributed by atoms with van der Waals surface area (Å²) in [6.07, 6.45) is 6.43. The summed E-state index contributed by atoms with van der Waals surface area (Å²) in [7, 11) is 2.00. The van der Waals surface area contributed by atoms with Crippen molar-refractivity contribution < 1.29 is 4.42 Å². The predicted octanol–water partition coefficient (Wildman–Crippen LogP) is 2.91. The van der Waals surface area contributed by atoms with Crippen LogP contribution in [0.15, 0.2) is 40.5 Å². The molecule has 1 unspecified atom stereocenters. The molecule has 3 rings (SSSR count). The molecule has 6 heteroatoms. The van der Waals surface area contributed by atoms with Gasteiger partial charge < -0.3 is 8.98 Å². The first-order valence-corrected chi connectivity index (χ1v) is 7.83. The Morgan fingerprint density at radius 2 is 2.33 bits per heavy atom. The maximum Gasteiger partial charge on any atom is 0.208 e. The van der Waals surface area contributed by atoms with E-state index in [1.165, 1.54) is 4.88 Å². The number of aromatic nitrogens is 3. The van der Waals surface area contributed by atoms with Gasteiger partial charge in [0.2, 0.25) is 5.89 Å². The van der Waals surface area contributed by atoms with E-state index in [9.17, 15) is 0 Å². The van der Waals surface area contributed by atoms with Crippen molar-refractivity contribution in [3.05, 3.63) is 58.5 Å². The van der Waals surface area contributed by atoms with Gasteiger partial charge in [0.25, 0.3) is 0 Å². The second kappa shape index (κ2) is 6.24.